The van der Waals surface area contributed by atoms with Crippen LogP contribution >= 0.6 is 0 Å². The first-order valence-corrected chi connectivity index (χ1v) is 9.67. The van der Waals surface area contributed by atoms with E-state index >= 15 is 0 Å². The number of rotatable bonds is 6. The van der Waals surface area contributed by atoms with Gasteiger partial charge in [-0.15, -0.1) is 0 Å². The average Bonchev–Trinajstić information content (AvgIpc) is 3.44. The number of hydrogen-bond acceptors (Lipinski definition) is 2. The quantitative estimate of drug-likeness (QED) is 0.792. The van der Waals surface area contributed by atoms with E-state index in [2.05, 4.69) is 31.4 Å². The lowest BCUT2D eigenvalue weighted by atomic mass is 9.87. The maximum atomic E-state index is 12.9. The number of anilines is 1. The van der Waals surface area contributed by atoms with E-state index in [0.717, 1.165) is 11.3 Å². The third-order valence-corrected chi connectivity index (χ3v) is 5.11. The predicted molar refractivity (Wildman–Crippen MR) is 108 cm³/mol. The van der Waals surface area contributed by atoms with Gasteiger partial charge in [-0.25, -0.2) is 4.39 Å². The van der Waals surface area contributed by atoms with E-state index in [0.29, 0.717) is 19.4 Å². The van der Waals surface area contributed by atoms with E-state index < -0.39 is 0 Å². The molecule has 1 saturated carbocycles. The third-order valence-electron chi connectivity index (χ3n) is 5.11. The van der Waals surface area contributed by atoms with Crippen molar-refractivity contribution in [2.75, 3.05) is 11.9 Å². The molecule has 2 aromatic rings. The molecule has 4 nitrogen and oxygen atoms in total. The number of hydrogen-bond donors (Lipinski definition) is 2. The van der Waals surface area contributed by atoms with Gasteiger partial charge in [0.25, 0.3) is 0 Å². The average molecular weight is 382 g/mol. The summed E-state index contributed by atoms with van der Waals surface area (Å²) in [6.45, 7) is 6.90. The zero-order valence-corrected chi connectivity index (χ0v) is 16.6. The summed E-state index contributed by atoms with van der Waals surface area (Å²) in [5.74, 6) is -1.00. The molecule has 2 unspecified atom stereocenters. The molecule has 148 valence electrons. The molecule has 2 aromatic carbocycles. The van der Waals surface area contributed by atoms with Crippen LogP contribution in [0.3, 0.4) is 0 Å². The normalized spacial score (nSPS) is 18.4. The van der Waals surface area contributed by atoms with Crippen molar-refractivity contribution in [3.8, 4) is 0 Å². The van der Waals surface area contributed by atoms with Crippen molar-refractivity contribution in [1.29, 1.82) is 0 Å². The zero-order chi connectivity index (χ0) is 20.3. The monoisotopic (exact) mass is 382 g/mol. The van der Waals surface area contributed by atoms with Crippen molar-refractivity contribution in [3.05, 3.63) is 65.5 Å². The van der Waals surface area contributed by atoms with E-state index in [1.165, 1.54) is 17.7 Å². The molecule has 28 heavy (non-hydrogen) atoms. The SMILES string of the molecule is CC(C)(C)c1ccc(NC(=O)C2CC2C(=O)NCCc2ccc(F)cc2)cc1. The lowest BCUT2D eigenvalue weighted by molar-refractivity contribution is -0.125. The Morgan fingerprint density at radius 2 is 1.57 bits per heavy atom. The molecular weight excluding hydrogens is 355 g/mol. The fourth-order valence-electron chi connectivity index (χ4n) is 3.18. The Hall–Kier alpha value is -2.69. The van der Waals surface area contributed by atoms with Crippen molar-refractivity contribution in [3.63, 3.8) is 0 Å². The second kappa shape index (κ2) is 8.13. The molecule has 0 saturated heterocycles. The van der Waals surface area contributed by atoms with Crippen molar-refractivity contribution < 1.29 is 14.0 Å². The van der Waals surface area contributed by atoms with Gasteiger partial charge in [-0.05, 0) is 53.6 Å². The topological polar surface area (TPSA) is 58.2 Å². The van der Waals surface area contributed by atoms with Crippen molar-refractivity contribution in [1.82, 2.24) is 5.32 Å². The Labute approximate surface area is 165 Å². The Morgan fingerprint density at radius 1 is 0.964 bits per heavy atom. The first kappa shape index (κ1) is 20.1. The van der Waals surface area contributed by atoms with Gasteiger partial charge in [0.15, 0.2) is 0 Å². The summed E-state index contributed by atoms with van der Waals surface area (Å²) in [5, 5.41) is 5.77. The molecule has 1 fully saturated rings. The molecule has 1 aliphatic carbocycles. The second-order valence-electron chi connectivity index (χ2n) is 8.43. The van der Waals surface area contributed by atoms with Crippen molar-refractivity contribution in [2.24, 2.45) is 11.8 Å². The Kier molecular flexibility index (Phi) is 5.82. The number of carbonyl (C=O) groups is 2. The summed E-state index contributed by atoms with van der Waals surface area (Å²) in [6, 6.07) is 14.1. The van der Waals surface area contributed by atoms with E-state index in [-0.39, 0.29) is 34.9 Å². The minimum absolute atomic E-state index is 0.0656. The zero-order valence-electron chi connectivity index (χ0n) is 16.6. The van der Waals surface area contributed by atoms with Crippen LogP contribution in [0.2, 0.25) is 0 Å². The first-order valence-electron chi connectivity index (χ1n) is 9.67. The van der Waals surface area contributed by atoms with Crippen molar-refractivity contribution >= 4 is 17.5 Å². The maximum absolute atomic E-state index is 12.9. The largest absolute Gasteiger partial charge is 0.356 e. The van der Waals surface area contributed by atoms with Gasteiger partial charge in [0.05, 0.1) is 11.8 Å². The number of carbonyl (C=O) groups excluding carboxylic acids is 2. The molecule has 0 radical (unpaired) electrons. The highest BCUT2D eigenvalue weighted by molar-refractivity contribution is 5.99. The van der Waals surface area contributed by atoms with Crippen LogP contribution < -0.4 is 10.6 Å². The van der Waals surface area contributed by atoms with Gasteiger partial charge in [-0.2, -0.15) is 0 Å². The van der Waals surface area contributed by atoms with Crippen LogP contribution in [0, 0.1) is 17.7 Å². The molecule has 0 bridgehead atoms. The smallest absolute Gasteiger partial charge is 0.228 e. The summed E-state index contributed by atoms with van der Waals surface area (Å²) < 4.78 is 12.9. The molecule has 0 aliphatic heterocycles. The molecule has 3 rings (SSSR count). The third kappa shape index (κ3) is 5.18. The summed E-state index contributed by atoms with van der Waals surface area (Å²) in [5.41, 5.74) is 2.98. The lowest BCUT2D eigenvalue weighted by Gasteiger charge is -2.19. The number of benzene rings is 2. The molecule has 2 atom stereocenters. The fourth-order valence-corrected chi connectivity index (χ4v) is 3.18. The molecular formula is C23H27FN2O2. The van der Waals surface area contributed by atoms with Gasteiger partial charge in [0, 0.05) is 12.2 Å². The van der Waals surface area contributed by atoms with Gasteiger partial charge in [0.2, 0.25) is 11.8 Å². The van der Waals surface area contributed by atoms with Crippen LogP contribution in [-0.2, 0) is 21.4 Å². The van der Waals surface area contributed by atoms with E-state index in [9.17, 15) is 14.0 Å². The van der Waals surface area contributed by atoms with Crippen molar-refractivity contribution in [2.45, 2.75) is 39.0 Å². The standard InChI is InChI=1S/C23H27FN2O2/c1-23(2,3)16-6-10-18(11-7-16)26-22(28)20-14-19(20)21(27)25-13-12-15-4-8-17(24)9-5-15/h4-11,19-20H,12-14H2,1-3H3,(H,25,27)(H,26,28). The minimum atomic E-state index is -0.271. The molecule has 0 heterocycles. The predicted octanol–water partition coefficient (Wildman–Crippen LogP) is 4.06. The van der Waals surface area contributed by atoms with Crippen LogP contribution in [0.15, 0.2) is 48.5 Å². The molecule has 2 N–H and O–H groups in total. The summed E-state index contributed by atoms with van der Waals surface area (Å²) in [6.07, 6.45) is 1.21. The van der Waals surface area contributed by atoms with Crippen LogP contribution in [0.25, 0.3) is 0 Å². The lowest BCUT2D eigenvalue weighted by Crippen LogP contribution is -2.29. The first-order chi connectivity index (χ1) is 13.2. The molecule has 1 aliphatic rings. The van der Waals surface area contributed by atoms with Gasteiger partial charge in [-0.1, -0.05) is 45.0 Å². The Bertz CT molecular complexity index is 838. The second-order valence-corrected chi connectivity index (χ2v) is 8.43. The molecule has 2 amide bonds. The van der Waals surface area contributed by atoms with E-state index in [1.54, 1.807) is 12.1 Å². The Balaban J connectivity index is 1.43. The number of nitrogens with one attached hydrogen (secondary N) is 2. The van der Waals surface area contributed by atoms with E-state index in [1.807, 2.05) is 24.3 Å². The number of halogens is 1. The Morgan fingerprint density at radius 3 is 2.18 bits per heavy atom. The molecule has 5 heteroatoms. The van der Waals surface area contributed by atoms with Crippen LogP contribution in [0.1, 0.15) is 38.3 Å². The summed E-state index contributed by atoms with van der Waals surface area (Å²) in [4.78, 5) is 24.6. The van der Waals surface area contributed by atoms with Crippen LogP contribution in [0.5, 0.6) is 0 Å². The highest BCUT2D eigenvalue weighted by Gasteiger charge is 2.47. The minimum Gasteiger partial charge on any atom is -0.356 e. The van der Waals surface area contributed by atoms with Gasteiger partial charge >= 0.3 is 0 Å². The maximum Gasteiger partial charge on any atom is 0.228 e. The van der Waals surface area contributed by atoms with Gasteiger partial charge < -0.3 is 10.6 Å². The van der Waals surface area contributed by atoms with Crippen LogP contribution in [0.4, 0.5) is 10.1 Å². The molecule has 0 aromatic heterocycles. The fraction of sp³-hybridized carbons (Fsp3) is 0.391. The van der Waals surface area contributed by atoms with Crippen LogP contribution in [-0.4, -0.2) is 18.4 Å². The summed E-state index contributed by atoms with van der Waals surface area (Å²) >= 11 is 0. The molecule has 0 spiro atoms. The highest BCUT2D eigenvalue weighted by Crippen LogP contribution is 2.39. The summed E-state index contributed by atoms with van der Waals surface area (Å²) in [7, 11) is 0. The van der Waals surface area contributed by atoms with Gasteiger partial charge in [0.1, 0.15) is 5.82 Å². The highest BCUT2D eigenvalue weighted by atomic mass is 19.1. The number of amides is 2. The van der Waals surface area contributed by atoms with Gasteiger partial charge in [-0.3, -0.25) is 9.59 Å². The van der Waals surface area contributed by atoms with E-state index in [4.69, 9.17) is 0 Å².